The fourth-order valence-corrected chi connectivity index (χ4v) is 2.43. The molecule has 2 aromatic rings. The normalized spacial score (nSPS) is 15.8. The van der Waals surface area contributed by atoms with E-state index in [1.807, 2.05) is 6.07 Å². The number of hydrogen-bond acceptors (Lipinski definition) is 6. The topological polar surface area (TPSA) is 89.4 Å². The van der Waals surface area contributed by atoms with E-state index in [2.05, 4.69) is 10.5 Å². The summed E-state index contributed by atoms with van der Waals surface area (Å²) in [5.41, 5.74) is 2.93. The van der Waals surface area contributed by atoms with E-state index in [1.165, 1.54) is 25.5 Å². The van der Waals surface area contributed by atoms with Crippen LogP contribution in [-0.4, -0.2) is 37.0 Å². The molecule has 0 aliphatic carbocycles. The summed E-state index contributed by atoms with van der Waals surface area (Å²) in [5.74, 6) is 0.717. The predicted molar refractivity (Wildman–Crippen MR) is 91.8 cm³/mol. The van der Waals surface area contributed by atoms with Crippen LogP contribution in [0.5, 0.6) is 23.0 Å². The average molecular weight is 363 g/mol. The van der Waals surface area contributed by atoms with Gasteiger partial charge in [0.15, 0.2) is 23.0 Å². The Labute approximate surface area is 148 Å². The van der Waals surface area contributed by atoms with Gasteiger partial charge in [-0.2, -0.15) is 5.10 Å². The summed E-state index contributed by atoms with van der Waals surface area (Å²) in [6, 6.07) is 10.1. The zero-order valence-electron chi connectivity index (χ0n) is 13.2. The number of hydrazone groups is 1. The monoisotopic (exact) mass is 362 g/mol. The van der Waals surface area contributed by atoms with E-state index in [1.54, 1.807) is 18.2 Å². The number of rotatable bonds is 4. The Hall–Kier alpha value is -2.93. The number of fused-ring (bicyclic) bond motifs is 1. The first kappa shape index (κ1) is 16.9. The van der Waals surface area contributed by atoms with Gasteiger partial charge >= 0.3 is 0 Å². The van der Waals surface area contributed by atoms with Crippen molar-refractivity contribution in [3.05, 3.63) is 47.0 Å². The van der Waals surface area contributed by atoms with E-state index in [4.69, 9.17) is 25.8 Å². The molecule has 2 aromatic carbocycles. The maximum Gasteiger partial charge on any atom is 0.284 e. The second kappa shape index (κ2) is 7.31. The lowest BCUT2D eigenvalue weighted by molar-refractivity contribution is -0.130. The molecule has 0 aromatic heterocycles. The van der Waals surface area contributed by atoms with Gasteiger partial charge in [-0.3, -0.25) is 4.79 Å². The molecule has 25 heavy (non-hydrogen) atoms. The van der Waals surface area contributed by atoms with E-state index in [0.717, 1.165) is 0 Å². The molecule has 1 amide bonds. The molecule has 1 atom stereocenters. The molecule has 0 bridgehead atoms. The van der Waals surface area contributed by atoms with Gasteiger partial charge < -0.3 is 19.3 Å². The van der Waals surface area contributed by atoms with Gasteiger partial charge in [-0.15, -0.1) is 0 Å². The van der Waals surface area contributed by atoms with Crippen molar-refractivity contribution >= 4 is 23.7 Å². The Bertz CT molecular complexity index is 825. The van der Waals surface area contributed by atoms with Gasteiger partial charge in [0.05, 0.1) is 18.3 Å². The molecule has 2 N–H and O–H groups in total. The van der Waals surface area contributed by atoms with Crippen LogP contribution in [-0.2, 0) is 4.79 Å². The number of methoxy groups -OCH3 is 1. The Morgan fingerprint density at radius 2 is 2.16 bits per heavy atom. The van der Waals surface area contributed by atoms with Crippen LogP contribution >= 0.6 is 11.6 Å². The first-order valence-corrected chi connectivity index (χ1v) is 7.74. The molecule has 8 heteroatoms. The maximum absolute atomic E-state index is 12.1. The van der Waals surface area contributed by atoms with Crippen molar-refractivity contribution < 1.29 is 24.1 Å². The van der Waals surface area contributed by atoms with Gasteiger partial charge in [0.1, 0.15) is 6.61 Å². The van der Waals surface area contributed by atoms with Crippen molar-refractivity contribution in [1.29, 1.82) is 0 Å². The lowest BCUT2D eigenvalue weighted by atomic mass is 10.2. The van der Waals surface area contributed by atoms with Gasteiger partial charge in [0.25, 0.3) is 5.91 Å². The summed E-state index contributed by atoms with van der Waals surface area (Å²) < 4.78 is 16.1. The molecule has 1 aliphatic rings. The first-order valence-electron chi connectivity index (χ1n) is 7.36. The third kappa shape index (κ3) is 3.77. The van der Waals surface area contributed by atoms with Crippen LogP contribution in [0, 0.1) is 0 Å². The predicted octanol–water partition coefficient (Wildman–Crippen LogP) is 2.34. The highest BCUT2D eigenvalue weighted by Crippen LogP contribution is 2.34. The van der Waals surface area contributed by atoms with Gasteiger partial charge in [0, 0.05) is 0 Å². The van der Waals surface area contributed by atoms with E-state index < -0.39 is 12.0 Å². The number of phenolic OH excluding ortho intramolecular Hbond substituents is 1. The molecule has 0 unspecified atom stereocenters. The molecular weight excluding hydrogens is 348 g/mol. The largest absolute Gasteiger partial charge is 0.503 e. The Morgan fingerprint density at radius 3 is 2.92 bits per heavy atom. The van der Waals surface area contributed by atoms with Crippen molar-refractivity contribution in [2.45, 2.75) is 6.10 Å². The van der Waals surface area contributed by atoms with E-state index >= 15 is 0 Å². The number of nitrogens with one attached hydrogen (secondary N) is 1. The van der Waals surface area contributed by atoms with Crippen molar-refractivity contribution in [3.63, 3.8) is 0 Å². The molecule has 0 radical (unpaired) electrons. The number of nitrogens with zero attached hydrogens (tertiary/aromatic N) is 1. The lowest BCUT2D eigenvalue weighted by Gasteiger charge is -2.24. The third-order valence-corrected chi connectivity index (χ3v) is 3.75. The number of carbonyl (C=O) groups is 1. The molecule has 1 heterocycles. The number of halogens is 1. The van der Waals surface area contributed by atoms with Crippen molar-refractivity contribution in [2.24, 2.45) is 5.10 Å². The zero-order chi connectivity index (χ0) is 17.8. The second-order valence-corrected chi connectivity index (χ2v) is 5.56. The molecule has 130 valence electrons. The smallest absolute Gasteiger partial charge is 0.284 e. The average Bonchev–Trinajstić information content (AvgIpc) is 2.63. The van der Waals surface area contributed by atoms with E-state index in [0.29, 0.717) is 17.1 Å². The van der Waals surface area contributed by atoms with E-state index in [-0.39, 0.29) is 23.1 Å². The van der Waals surface area contributed by atoms with Gasteiger partial charge in [-0.05, 0) is 29.8 Å². The Morgan fingerprint density at radius 1 is 1.40 bits per heavy atom. The highest BCUT2D eigenvalue weighted by molar-refractivity contribution is 6.32. The summed E-state index contributed by atoms with van der Waals surface area (Å²) in [6.07, 6.45) is 0.577. The highest BCUT2D eigenvalue weighted by Gasteiger charge is 2.26. The van der Waals surface area contributed by atoms with Crippen LogP contribution in [0.2, 0.25) is 5.02 Å². The van der Waals surface area contributed by atoms with Crippen molar-refractivity contribution in [2.75, 3.05) is 13.7 Å². The molecule has 1 aliphatic heterocycles. The Balaban J connectivity index is 1.63. The second-order valence-electron chi connectivity index (χ2n) is 5.15. The molecular formula is C17H15ClN2O5. The summed E-state index contributed by atoms with van der Waals surface area (Å²) in [6.45, 7) is 0.0945. The van der Waals surface area contributed by atoms with Crippen LogP contribution in [0.1, 0.15) is 5.56 Å². The van der Waals surface area contributed by atoms with E-state index in [9.17, 15) is 9.90 Å². The fourth-order valence-electron chi connectivity index (χ4n) is 2.22. The minimum absolute atomic E-state index is 0.0945. The molecule has 0 spiro atoms. The lowest BCUT2D eigenvalue weighted by Crippen LogP contribution is -2.42. The summed E-state index contributed by atoms with van der Waals surface area (Å²) in [5, 5.41) is 13.7. The van der Waals surface area contributed by atoms with Gasteiger partial charge in [-0.1, -0.05) is 23.7 Å². The van der Waals surface area contributed by atoms with Crippen molar-refractivity contribution in [3.8, 4) is 23.0 Å². The quantitative estimate of drug-likeness (QED) is 0.643. The molecule has 7 nitrogen and oxygen atoms in total. The molecule has 3 rings (SSSR count). The number of para-hydroxylation sites is 2. The maximum atomic E-state index is 12.1. The minimum atomic E-state index is -0.801. The fraction of sp³-hybridized carbons (Fsp3) is 0.176. The number of amides is 1. The zero-order valence-corrected chi connectivity index (χ0v) is 14.0. The standard InChI is InChI=1S/C17H15ClN2O5/c1-23-14-7-10(6-11(18)16(14)21)8-19-20-17(22)15-9-24-12-4-2-3-5-13(12)25-15/h2-8,15,21H,9H2,1H3,(H,20,22)/b19-8-/t15-/m0/s1. The summed E-state index contributed by atoms with van der Waals surface area (Å²) in [7, 11) is 1.41. The number of benzene rings is 2. The minimum Gasteiger partial charge on any atom is -0.503 e. The first-order chi connectivity index (χ1) is 12.1. The molecule has 0 saturated heterocycles. The number of hydrogen-bond donors (Lipinski definition) is 2. The van der Waals surface area contributed by atoms with Crippen LogP contribution < -0.4 is 19.6 Å². The van der Waals surface area contributed by atoms with Crippen LogP contribution in [0.3, 0.4) is 0 Å². The van der Waals surface area contributed by atoms with Gasteiger partial charge in [-0.25, -0.2) is 5.43 Å². The van der Waals surface area contributed by atoms with Crippen molar-refractivity contribution in [1.82, 2.24) is 5.43 Å². The van der Waals surface area contributed by atoms with Crippen LogP contribution in [0.4, 0.5) is 0 Å². The SMILES string of the molecule is COc1cc(/C=N\NC(=O)[C@@H]2COc3ccccc3O2)cc(Cl)c1O. The Kier molecular flexibility index (Phi) is 4.95. The molecule has 0 saturated carbocycles. The highest BCUT2D eigenvalue weighted by atomic mass is 35.5. The number of carbonyl (C=O) groups excluding carboxylic acids is 1. The van der Waals surface area contributed by atoms with Crippen LogP contribution in [0.15, 0.2) is 41.5 Å². The number of aromatic hydroxyl groups is 1. The number of ether oxygens (including phenoxy) is 3. The third-order valence-electron chi connectivity index (χ3n) is 3.46. The number of phenols is 1. The van der Waals surface area contributed by atoms with Crippen LogP contribution in [0.25, 0.3) is 0 Å². The molecule has 0 fully saturated rings. The summed E-state index contributed by atoms with van der Waals surface area (Å²) in [4.78, 5) is 12.1. The summed E-state index contributed by atoms with van der Waals surface area (Å²) >= 11 is 5.89. The van der Waals surface area contributed by atoms with Gasteiger partial charge in [0.2, 0.25) is 6.10 Å².